The van der Waals surface area contributed by atoms with Gasteiger partial charge < -0.3 is 5.32 Å². The molecule has 5 heteroatoms. The zero-order valence-electron chi connectivity index (χ0n) is 10.3. The van der Waals surface area contributed by atoms with Crippen LogP contribution in [-0.4, -0.2) is 26.1 Å². The molecule has 0 spiro atoms. The highest BCUT2D eigenvalue weighted by Gasteiger charge is 2.37. The van der Waals surface area contributed by atoms with Gasteiger partial charge in [0.2, 0.25) is 0 Å². The van der Waals surface area contributed by atoms with E-state index in [1.54, 1.807) is 0 Å². The lowest BCUT2D eigenvalue weighted by Crippen LogP contribution is -2.38. The molecular weight excluding hydrogens is 214 g/mol. The predicted molar refractivity (Wildman–Crippen MR) is 64.7 cm³/mol. The third-order valence-corrected chi connectivity index (χ3v) is 3.71. The van der Waals surface area contributed by atoms with Crippen molar-refractivity contribution in [3.8, 4) is 0 Å². The summed E-state index contributed by atoms with van der Waals surface area (Å²) in [6, 6.07) is 1.97. The first-order valence-corrected chi connectivity index (χ1v) is 6.18. The molecule has 2 aromatic heterocycles. The lowest BCUT2D eigenvalue weighted by atomic mass is 9.93. The molecule has 0 amide bonds. The lowest BCUT2D eigenvalue weighted by Gasteiger charge is -2.25. The quantitative estimate of drug-likeness (QED) is 0.849. The van der Waals surface area contributed by atoms with Crippen molar-refractivity contribution < 1.29 is 0 Å². The lowest BCUT2D eigenvalue weighted by molar-refractivity contribution is 0.349. The number of nitrogens with one attached hydrogen (secondary N) is 1. The van der Waals surface area contributed by atoms with Gasteiger partial charge >= 0.3 is 0 Å². The van der Waals surface area contributed by atoms with Gasteiger partial charge in [-0.3, -0.25) is 4.40 Å². The molecule has 1 N–H and O–H groups in total. The van der Waals surface area contributed by atoms with Gasteiger partial charge in [-0.05, 0) is 32.7 Å². The molecule has 0 aliphatic carbocycles. The monoisotopic (exact) mass is 231 g/mol. The first kappa shape index (κ1) is 10.7. The molecule has 1 fully saturated rings. The summed E-state index contributed by atoms with van der Waals surface area (Å²) in [5.41, 5.74) is 1.84. The average molecular weight is 231 g/mol. The van der Waals surface area contributed by atoms with Crippen LogP contribution in [0, 0.1) is 6.92 Å². The van der Waals surface area contributed by atoms with Gasteiger partial charge in [-0.2, -0.15) is 0 Å². The smallest absolute Gasteiger partial charge is 0.163 e. The standard InChI is InChI=1S/C12H17N5/c1-3-12(5-4-6-14-12)11-16-15-10-7-9(2)13-8-17(10)11/h7-8,14H,3-6H2,1-2H3. The summed E-state index contributed by atoms with van der Waals surface area (Å²) in [6.45, 7) is 5.22. The molecule has 3 rings (SSSR count). The molecule has 2 aromatic rings. The minimum Gasteiger partial charge on any atom is -0.305 e. The third kappa shape index (κ3) is 1.53. The van der Waals surface area contributed by atoms with Crippen molar-refractivity contribution in [2.45, 2.75) is 38.6 Å². The van der Waals surface area contributed by atoms with E-state index in [2.05, 4.69) is 27.4 Å². The van der Waals surface area contributed by atoms with Crippen molar-refractivity contribution in [1.29, 1.82) is 0 Å². The van der Waals surface area contributed by atoms with Crippen LogP contribution < -0.4 is 5.32 Å². The maximum Gasteiger partial charge on any atom is 0.163 e. The van der Waals surface area contributed by atoms with Crippen molar-refractivity contribution >= 4 is 5.65 Å². The van der Waals surface area contributed by atoms with E-state index in [9.17, 15) is 0 Å². The summed E-state index contributed by atoms with van der Waals surface area (Å²) in [4.78, 5) is 4.33. The zero-order chi connectivity index (χ0) is 11.9. The van der Waals surface area contributed by atoms with Crippen LogP contribution in [0.2, 0.25) is 0 Å². The summed E-state index contributed by atoms with van der Waals surface area (Å²) in [6.07, 6.45) is 5.18. The number of nitrogens with zero attached hydrogens (tertiary/aromatic N) is 4. The van der Waals surface area contributed by atoms with Crippen LogP contribution in [0.3, 0.4) is 0 Å². The van der Waals surface area contributed by atoms with Crippen LogP contribution in [0.15, 0.2) is 12.4 Å². The zero-order valence-corrected chi connectivity index (χ0v) is 10.3. The highest BCUT2D eigenvalue weighted by Crippen LogP contribution is 2.32. The summed E-state index contributed by atoms with van der Waals surface area (Å²) < 4.78 is 2.01. The third-order valence-electron chi connectivity index (χ3n) is 3.71. The molecule has 1 aliphatic rings. The average Bonchev–Trinajstić information content (AvgIpc) is 2.94. The van der Waals surface area contributed by atoms with E-state index in [0.717, 1.165) is 36.6 Å². The molecular formula is C12H17N5. The number of hydrogen-bond acceptors (Lipinski definition) is 4. The maximum absolute atomic E-state index is 4.37. The van der Waals surface area contributed by atoms with Crippen molar-refractivity contribution in [2.24, 2.45) is 0 Å². The van der Waals surface area contributed by atoms with Crippen LogP contribution in [0.1, 0.15) is 37.7 Å². The minimum atomic E-state index is -0.0175. The van der Waals surface area contributed by atoms with Crippen LogP contribution in [0.25, 0.3) is 5.65 Å². The predicted octanol–water partition coefficient (Wildman–Crippen LogP) is 1.42. The van der Waals surface area contributed by atoms with Gasteiger partial charge in [0.1, 0.15) is 6.33 Å². The second-order valence-corrected chi connectivity index (χ2v) is 4.75. The van der Waals surface area contributed by atoms with Crippen molar-refractivity contribution in [1.82, 2.24) is 24.9 Å². The van der Waals surface area contributed by atoms with E-state index >= 15 is 0 Å². The number of aromatic nitrogens is 4. The van der Waals surface area contributed by atoms with E-state index in [1.807, 2.05) is 23.7 Å². The maximum atomic E-state index is 4.37. The van der Waals surface area contributed by atoms with Gasteiger partial charge in [0, 0.05) is 11.8 Å². The molecule has 90 valence electrons. The molecule has 0 radical (unpaired) electrons. The summed E-state index contributed by atoms with van der Waals surface area (Å²) >= 11 is 0. The van der Waals surface area contributed by atoms with E-state index in [4.69, 9.17) is 0 Å². The van der Waals surface area contributed by atoms with Gasteiger partial charge in [0.15, 0.2) is 11.5 Å². The Balaban J connectivity index is 2.17. The Morgan fingerprint density at radius 3 is 3.06 bits per heavy atom. The Morgan fingerprint density at radius 1 is 1.47 bits per heavy atom. The van der Waals surface area contributed by atoms with Gasteiger partial charge in [-0.1, -0.05) is 6.92 Å². The van der Waals surface area contributed by atoms with E-state index in [1.165, 1.54) is 6.42 Å². The fourth-order valence-corrected chi connectivity index (χ4v) is 2.67. The Bertz CT molecular complexity index is 539. The number of fused-ring (bicyclic) bond motifs is 1. The highest BCUT2D eigenvalue weighted by molar-refractivity contribution is 5.39. The number of rotatable bonds is 2. The molecule has 17 heavy (non-hydrogen) atoms. The van der Waals surface area contributed by atoms with Crippen LogP contribution in [0.5, 0.6) is 0 Å². The molecule has 0 saturated carbocycles. The van der Waals surface area contributed by atoms with Crippen LogP contribution in [-0.2, 0) is 5.54 Å². The van der Waals surface area contributed by atoms with Crippen LogP contribution in [0.4, 0.5) is 0 Å². The number of aryl methyl sites for hydroxylation is 1. The first-order valence-electron chi connectivity index (χ1n) is 6.18. The Kier molecular flexibility index (Phi) is 2.36. The fourth-order valence-electron chi connectivity index (χ4n) is 2.67. The first-order chi connectivity index (χ1) is 8.25. The Labute approximate surface area is 100 Å². The molecule has 1 atom stereocenters. The van der Waals surface area contributed by atoms with Crippen LogP contribution >= 0.6 is 0 Å². The topological polar surface area (TPSA) is 55.1 Å². The molecule has 3 heterocycles. The highest BCUT2D eigenvalue weighted by atomic mass is 15.3. The molecule has 5 nitrogen and oxygen atoms in total. The van der Waals surface area contributed by atoms with E-state index in [-0.39, 0.29) is 5.54 Å². The van der Waals surface area contributed by atoms with Gasteiger partial charge in [-0.15, -0.1) is 10.2 Å². The van der Waals surface area contributed by atoms with E-state index < -0.39 is 0 Å². The van der Waals surface area contributed by atoms with Gasteiger partial charge in [-0.25, -0.2) is 4.98 Å². The summed E-state index contributed by atoms with van der Waals surface area (Å²) in [5.74, 6) is 1.00. The van der Waals surface area contributed by atoms with Crippen molar-refractivity contribution in [3.63, 3.8) is 0 Å². The van der Waals surface area contributed by atoms with Crippen molar-refractivity contribution in [3.05, 3.63) is 23.9 Å². The second kappa shape index (κ2) is 3.77. The second-order valence-electron chi connectivity index (χ2n) is 4.75. The largest absolute Gasteiger partial charge is 0.305 e. The minimum absolute atomic E-state index is 0.0175. The van der Waals surface area contributed by atoms with Gasteiger partial charge in [0.05, 0.1) is 5.54 Å². The Hall–Kier alpha value is -1.49. The number of hydrogen-bond donors (Lipinski definition) is 1. The normalized spacial score (nSPS) is 24.6. The summed E-state index contributed by atoms with van der Waals surface area (Å²) in [7, 11) is 0. The molecule has 0 aromatic carbocycles. The fraction of sp³-hybridized carbons (Fsp3) is 0.583. The van der Waals surface area contributed by atoms with E-state index in [0.29, 0.717) is 0 Å². The molecule has 1 unspecified atom stereocenters. The SMILES string of the molecule is CCC1(c2nnc3cc(C)ncn23)CCCN1. The Morgan fingerprint density at radius 2 is 2.35 bits per heavy atom. The summed E-state index contributed by atoms with van der Waals surface area (Å²) in [5, 5.41) is 12.2. The van der Waals surface area contributed by atoms with Crippen molar-refractivity contribution in [2.75, 3.05) is 6.54 Å². The molecule has 1 aliphatic heterocycles. The molecule has 0 bridgehead atoms. The molecule has 1 saturated heterocycles. The van der Waals surface area contributed by atoms with Gasteiger partial charge in [0.25, 0.3) is 0 Å².